The van der Waals surface area contributed by atoms with Crippen molar-refractivity contribution in [2.24, 2.45) is 4.36 Å². The summed E-state index contributed by atoms with van der Waals surface area (Å²) in [5.41, 5.74) is 5.42. The first kappa shape index (κ1) is 22.3. The highest BCUT2D eigenvalue weighted by molar-refractivity contribution is 7.95. The van der Waals surface area contributed by atoms with Gasteiger partial charge in [0, 0.05) is 16.6 Å². The maximum Gasteiger partial charge on any atom is 0.331 e. The molecule has 1 aliphatic heterocycles. The van der Waals surface area contributed by atoms with Gasteiger partial charge in [-0.1, -0.05) is 12.1 Å². The highest BCUT2D eigenvalue weighted by Gasteiger charge is 2.28. The highest BCUT2D eigenvalue weighted by atomic mass is 32.2. The summed E-state index contributed by atoms with van der Waals surface area (Å²) >= 11 is 0. The summed E-state index contributed by atoms with van der Waals surface area (Å²) in [6, 6.07) is 1.89. The van der Waals surface area contributed by atoms with Crippen molar-refractivity contribution in [1.29, 1.82) is 0 Å². The van der Waals surface area contributed by atoms with Gasteiger partial charge in [-0.25, -0.2) is 18.1 Å². The van der Waals surface area contributed by atoms with Crippen LogP contribution in [0.15, 0.2) is 21.9 Å². The van der Waals surface area contributed by atoms with Crippen molar-refractivity contribution in [3.8, 4) is 0 Å². The zero-order valence-corrected chi connectivity index (χ0v) is 20.1. The fourth-order valence-corrected chi connectivity index (χ4v) is 6.83. The molecule has 2 atom stereocenters. The molecular weight excluding hydrogens is 408 g/mol. The molecule has 3 N–H and O–H groups in total. The lowest BCUT2D eigenvalue weighted by Crippen LogP contribution is -2.37. The second-order valence-corrected chi connectivity index (χ2v) is 12.2. The van der Waals surface area contributed by atoms with Crippen molar-refractivity contribution in [1.82, 2.24) is 10.0 Å². The number of aryl methyl sites for hydroxylation is 2. The van der Waals surface area contributed by atoms with E-state index < -0.39 is 21.5 Å². The first-order chi connectivity index (χ1) is 14.6. The summed E-state index contributed by atoms with van der Waals surface area (Å²) in [5.74, 6) is 0. The molecule has 1 aromatic carbocycles. The molecule has 2 amide bonds. The van der Waals surface area contributed by atoms with Crippen LogP contribution in [0.2, 0.25) is 0 Å². The molecule has 1 fully saturated rings. The van der Waals surface area contributed by atoms with Crippen LogP contribution in [0.3, 0.4) is 0 Å². The van der Waals surface area contributed by atoms with Gasteiger partial charge < -0.3 is 10.6 Å². The average Bonchev–Trinajstić information content (AvgIpc) is 3.39. The van der Waals surface area contributed by atoms with E-state index in [1.807, 2.05) is 26.8 Å². The van der Waals surface area contributed by atoms with Crippen molar-refractivity contribution < 1.29 is 9.00 Å². The predicted molar refractivity (Wildman–Crippen MR) is 128 cm³/mol. The van der Waals surface area contributed by atoms with E-state index in [2.05, 4.69) is 32.7 Å². The van der Waals surface area contributed by atoms with Crippen LogP contribution in [-0.2, 0) is 35.6 Å². The van der Waals surface area contributed by atoms with E-state index in [0.29, 0.717) is 0 Å². The van der Waals surface area contributed by atoms with Crippen LogP contribution in [0.4, 0.5) is 10.5 Å². The Morgan fingerprint density at radius 2 is 1.77 bits per heavy atom. The van der Waals surface area contributed by atoms with Gasteiger partial charge in [-0.3, -0.25) is 0 Å². The number of anilines is 1. The maximum absolute atomic E-state index is 13.7. The molecule has 0 radical (unpaired) electrons. The van der Waals surface area contributed by atoms with Crippen LogP contribution in [0.25, 0.3) is 0 Å². The molecule has 2 aliphatic carbocycles. The van der Waals surface area contributed by atoms with Crippen LogP contribution in [0.1, 0.15) is 75.6 Å². The van der Waals surface area contributed by atoms with E-state index in [1.165, 1.54) is 22.3 Å². The van der Waals surface area contributed by atoms with Crippen LogP contribution < -0.4 is 15.4 Å². The molecule has 0 spiro atoms. The van der Waals surface area contributed by atoms with Gasteiger partial charge in [0.15, 0.2) is 9.92 Å². The Morgan fingerprint density at radius 1 is 1.13 bits per heavy atom. The first-order valence-corrected chi connectivity index (χ1v) is 13.1. The molecule has 4 rings (SSSR count). The van der Waals surface area contributed by atoms with Crippen LogP contribution >= 0.6 is 0 Å². The third kappa shape index (κ3) is 5.14. The number of fused-ring (bicyclic) bond motifs is 2. The van der Waals surface area contributed by atoms with E-state index in [9.17, 15) is 9.00 Å². The van der Waals surface area contributed by atoms with Crippen molar-refractivity contribution >= 4 is 21.6 Å². The Hall–Kier alpha value is -1.86. The molecular formula is C24H36N4O2S. The monoisotopic (exact) mass is 444 g/mol. The fourth-order valence-electron chi connectivity index (χ4n) is 5.04. The second kappa shape index (κ2) is 8.24. The van der Waals surface area contributed by atoms with Gasteiger partial charge in [-0.05, 0) is 108 Å². The maximum atomic E-state index is 13.7. The van der Waals surface area contributed by atoms with Gasteiger partial charge >= 0.3 is 6.03 Å². The Morgan fingerprint density at radius 3 is 2.32 bits per heavy atom. The number of hydrogen-bond donors (Lipinski definition) is 3. The molecule has 170 valence electrons. The largest absolute Gasteiger partial charge is 0.331 e. The van der Waals surface area contributed by atoms with Crippen molar-refractivity contribution in [3.05, 3.63) is 39.8 Å². The number of carbonyl (C=O) groups excluding carboxylic acids is 1. The molecule has 6 nitrogen and oxygen atoms in total. The fraction of sp³-hybridized carbons (Fsp3) is 0.625. The molecule has 0 aromatic heterocycles. The minimum absolute atomic E-state index is 0.213. The predicted octanol–water partition coefficient (Wildman–Crippen LogP) is 4.62. The molecule has 0 saturated carbocycles. The lowest BCUT2D eigenvalue weighted by Gasteiger charge is -2.22. The Kier molecular flexibility index (Phi) is 5.94. The molecule has 0 bridgehead atoms. The van der Waals surface area contributed by atoms with E-state index in [1.54, 1.807) is 5.41 Å². The summed E-state index contributed by atoms with van der Waals surface area (Å²) in [5, 5.41) is 8.11. The number of benzene rings is 1. The quantitative estimate of drug-likeness (QED) is 0.633. The van der Waals surface area contributed by atoms with Gasteiger partial charge in [0.05, 0.1) is 5.54 Å². The second-order valence-electron chi connectivity index (χ2n) is 10.4. The van der Waals surface area contributed by atoms with Crippen molar-refractivity contribution in [2.45, 2.75) is 90.1 Å². The van der Waals surface area contributed by atoms with Gasteiger partial charge in [-0.2, -0.15) is 0 Å². The lowest BCUT2D eigenvalue weighted by atomic mass is 9.99. The number of rotatable bonds is 4. The molecule has 1 unspecified atom stereocenters. The summed E-state index contributed by atoms with van der Waals surface area (Å²) < 4.78 is 20.9. The van der Waals surface area contributed by atoms with Gasteiger partial charge in [0.2, 0.25) is 0 Å². The van der Waals surface area contributed by atoms with E-state index in [-0.39, 0.29) is 5.54 Å². The Labute approximate surface area is 187 Å². The molecule has 3 aliphatic rings. The smallest absolute Gasteiger partial charge is 0.308 e. The topological polar surface area (TPSA) is 82.6 Å². The van der Waals surface area contributed by atoms with Crippen molar-refractivity contribution in [3.63, 3.8) is 0 Å². The number of amides is 2. The third-order valence-electron chi connectivity index (χ3n) is 6.38. The van der Waals surface area contributed by atoms with E-state index in [4.69, 9.17) is 0 Å². The minimum Gasteiger partial charge on any atom is -0.308 e. The number of urea groups is 1. The summed E-state index contributed by atoms with van der Waals surface area (Å²) in [6.45, 7) is 8.71. The van der Waals surface area contributed by atoms with Gasteiger partial charge in [0.25, 0.3) is 0 Å². The zero-order chi connectivity index (χ0) is 22.3. The Balaban J connectivity index is 1.60. The summed E-state index contributed by atoms with van der Waals surface area (Å²) in [7, 11) is -3.08. The Bertz CT molecular complexity index is 991. The standard InChI is InChI=1S/C24H36N4O2S/c1-23(2,3)28-31(30,15-13-24(4)12-7-14-25-24)27-22(29)26-21-19-10-5-8-17(19)16-18-9-6-11-20(18)21/h13,15-16,25H,5-12,14H2,1-4H3,(H2,26,27,28,29,30)/b15-13+/t24-,31?/m1/s1. The number of nitrogens with zero attached hydrogens (tertiary/aromatic N) is 1. The number of nitrogens with one attached hydrogen (secondary N) is 3. The zero-order valence-electron chi connectivity index (χ0n) is 19.3. The summed E-state index contributed by atoms with van der Waals surface area (Å²) in [6.07, 6.45) is 10.3. The lowest BCUT2D eigenvalue weighted by molar-refractivity contribution is 0.257. The van der Waals surface area contributed by atoms with E-state index in [0.717, 1.165) is 63.6 Å². The molecule has 7 heteroatoms. The van der Waals surface area contributed by atoms with Crippen LogP contribution in [0, 0.1) is 0 Å². The average molecular weight is 445 g/mol. The SMILES string of the molecule is CC(C)(C)N=S(=O)(/C=C/[C@@]1(C)CCCN1)NC(=O)Nc1c2c(cc3c1CCC3)CCC2. The first-order valence-electron chi connectivity index (χ1n) is 11.5. The molecule has 1 heterocycles. The van der Waals surface area contributed by atoms with Crippen molar-refractivity contribution in [2.75, 3.05) is 11.9 Å². The number of carbonyl (C=O) groups is 1. The highest BCUT2D eigenvalue weighted by Crippen LogP contribution is 2.38. The third-order valence-corrected chi connectivity index (χ3v) is 8.18. The number of hydrogen-bond acceptors (Lipinski definition) is 4. The van der Waals surface area contributed by atoms with E-state index >= 15 is 0 Å². The molecule has 1 saturated heterocycles. The molecule has 31 heavy (non-hydrogen) atoms. The van der Waals surface area contributed by atoms with Gasteiger partial charge in [0.1, 0.15) is 0 Å². The molecule has 1 aromatic rings. The van der Waals surface area contributed by atoms with Crippen LogP contribution in [-0.4, -0.2) is 27.9 Å². The normalized spacial score (nSPS) is 24.6. The summed E-state index contributed by atoms with van der Waals surface area (Å²) in [4.78, 5) is 13.1. The van der Waals surface area contributed by atoms with Crippen LogP contribution in [0.5, 0.6) is 0 Å². The minimum atomic E-state index is -3.08. The van der Waals surface area contributed by atoms with Gasteiger partial charge in [-0.15, -0.1) is 0 Å².